The molecule has 20 heavy (non-hydrogen) atoms. The van der Waals surface area contributed by atoms with Crippen LogP contribution in [0.3, 0.4) is 0 Å². The molecule has 1 aromatic carbocycles. The molecule has 2 amide bonds. The number of hydrogen-bond donors (Lipinski definition) is 1. The number of carbonyl (C=O) groups excluding carboxylic acids is 2. The van der Waals surface area contributed by atoms with E-state index < -0.39 is 6.09 Å². The summed E-state index contributed by atoms with van der Waals surface area (Å²) in [6, 6.07) is 6.88. The standard InChI is InChI=1S/C14H17N2O4/c15-14(18)20-12-4-1-11(2-5-12)3-6-13(17)16-7-9-19-10-8-16/h1-2,4-6H,3,7-10H2,(H2,15,18). The number of ether oxygens (including phenoxy) is 2. The third-order valence-corrected chi connectivity index (χ3v) is 2.98. The fraction of sp³-hybridized carbons (Fsp3) is 0.357. The van der Waals surface area contributed by atoms with Crippen LogP contribution in [0.15, 0.2) is 24.3 Å². The van der Waals surface area contributed by atoms with Gasteiger partial charge in [0.05, 0.1) is 19.6 Å². The van der Waals surface area contributed by atoms with Crippen molar-refractivity contribution in [1.82, 2.24) is 4.90 Å². The predicted molar refractivity (Wildman–Crippen MR) is 72.1 cm³/mol. The van der Waals surface area contributed by atoms with E-state index in [1.165, 1.54) is 0 Å². The first-order valence-corrected chi connectivity index (χ1v) is 6.41. The number of amides is 2. The van der Waals surface area contributed by atoms with Crippen LogP contribution in [0, 0.1) is 6.42 Å². The molecule has 6 heteroatoms. The summed E-state index contributed by atoms with van der Waals surface area (Å²) in [5.41, 5.74) is 5.88. The summed E-state index contributed by atoms with van der Waals surface area (Å²) in [6.07, 6.45) is 1.34. The highest BCUT2D eigenvalue weighted by atomic mass is 16.5. The van der Waals surface area contributed by atoms with Gasteiger partial charge in [-0.2, -0.15) is 0 Å². The van der Waals surface area contributed by atoms with Crippen molar-refractivity contribution in [2.45, 2.75) is 6.42 Å². The van der Waals surface area contributed by atoms with Crippen molar-refractivity contribution in [2.24, 2.45) is 5.73 Å². The molecule has 0 spiro atoms. The number of carbonyl (C=O) groups is 2. The Hall–Kier alpha value is -2.08. The number of rotatable bonds is 4. The Bertz CT molecular complexity index is 467. The Morgan fingerprint density at radius 2 is 1.90 bits per heavy atom. The molecule has 0 aromatic heterocycles. The molecule has 0 unspecified atom stereocenters. The van der Waals surface area contributed by atoms with Crippen LogP contribution < -0.4 is 10.5 Å². The van der Waals surface area contributed by atoms with Crippen LogP contribution in [-0.4, -0.2) is 43.2 Å². The molecular formula is C14H17N2O4. The summed E-state index contributed by atoms with van der Waals surface area (Å²) in [5.74, 6) is 0.409. The highest BCUT2D eigenvalue weighted by molar-refractivity contribution is 5.85. The normalized spacial score (nSPS) is 14.9. The van der Waals surface area contributed by atoms with Crippen LogP contribution in [0.4, 0.5) is 4.79 Å². The van der Waals surface area contributed by atoms with Gasteiger partial charge in [-0.1, -0.05) is 12.1 Å². The minimum absolute atomic E-state index is 0.0192. The number of hydrogen-bond acceptors (Lipinski definition) is 4. The lowest BCUT2D eigenvalue weighted by Gasteiger charge is -2.26. The second-order valence-electron chi connectivity index (χ2n) is 4.41. The molecule has 0 bridgehead atoms. The average Bonchev–Trinajstić information content (AvgIpc) is 2.46. The molecule has 1 saturated heterocycles. The van der Waals surface area contributed by atoms with E-state index in [-0.39, 0.29) is 5.91 Å². The van der Waals surface area contributed by atoms with Gasteiger partial charge in [-0.3, -0.25) is 4.79 Å². The van der Waals surface area contributed by atoms with Gasteiger partial charge in [-0.15, -0.1) is 0 Å². The van der Waals surface area contributed by atoms with Crippen LogP contribution >= 0.6 is 0 Å². The summed E-state index contributed by atoms with van der Waals surface area (Å²) in [6.45, 7) is 2.47. The van der Waals surface area contributed by atoms with Crippen molar-refractivity contribution in [1.29, 1.82) is 0 Å². The van der Waals surface area contributed by atoms with Gasteiger partial charge in [0.15, 0.2) is 0 Å². The van der Waals surface area contributed by atoms with Crippen LogP contribution in [0.1, 0.15) is 5.56 Å². The summed E-state index contributed by atoms with van der Waals surface area (Å²) in [4.78, 5) is 24.3. The van der Waals surface area contributed by atoms with Crippen LogP contribution in [0.2, 0.25) is 0 Å². The Balaban J connectivity index is 1.81. The van der Waals surface area contributed by atoms with Crippen molar-refractivity contribution in [3.63, 3.8) is 0 Å². The maximum Gasteiger partial charge on any atom is 0.409 e. The van der Waals surface area contributed by atoms with Crippen molar-refractivity contribution >= 4 is 12.0 Å². The van der Waals surface area contributed by atoms with E-state index >= 15 is 0 Å². The highest BCUT2D eigenvalue weighted by Gasteiger charge is 2.16. The summed E-state index contributed by atoms with van der Waals surface area (Å²) >= 11 is 0. The van der Waals surface area contributed by atoms with E-state index in [0.29, 0.717) is 38.5 Å². The predicted octanol–water partition coefficient (Wildman–Crippen LogP) is 0.750. The highest BCUT2D eigenvalue weighted by Crippen LogP contribution is 2.13. The van der Waals surface area contributed by atoms with E-state index in [2.05, 4.69) is 0 Å². The summed E-state index contributed by atoms with van der Waals surface area (Å²) < 4.78 is 9.93. The first-order valence-electron chi connectivity index (χ1n) is 6.41. The lowest BCUT2D eigenvalue weighted by molar-refractivity contribution is -0.131. The molecule has 0 aliphatic carbocycles. The van der Waals surface area contributed by atoms with Gasteiger partial charge in [0, 0.05) is 13.1 Å². The Morgan fingerprint density at radius 1 is 1.25 bits per heavy atom. The second kappa shape index (κ2) is 6.91. The van der Waals surface area contributed by atoms with E-state index in [1.807, 2.05) is 0 Å². The van der Waals surface area contributed by atoms with Gasteiger partial charge in [0.1, 0.15) is 5.75 Å². The fourth-order valence-corrected chi connectivity index (χ4v) is 1.93. The lowest BCUT2D eigenvalue weighted by Crippen LogP contribution is -2.41. The zero-order chi connectivity index (χ0) is 14.4. The van der Waals surface area contributed by atoms with Crippen LogP contribution in [0.5, 0.6) is 5.75 Å². The summed E-state index contributed by atoms with van der Waals surface area (Å²) in [5, 5.41) is 0. The fourth-order valence-electron chi connectivity index (χ4n) is 1.93. The van der Waals surface area contributed by atoms with Gasteiger partial charge in [0.2, 0.25) is 5.91 Å². The van der Waals surface area contributed by atoms with Crippen LogP contribution in [0.25, 0.3) is 0 Å². The van der Waals surface area contributed by atoms with Gasteiger partial charge >= 0.3 is 6.09 Å². The zero-order valence-electron chi connectivity index (χ0n) is 11.1. The van der Waals surface area contributed by atoms with E-state index in [1.54, 1.807) is 35.6 Å². The molecule has 1 fully saturated rings. The Labute approximate surface area is 117 Å². The second-order valence-corrected chi connectivity index (χ2v) is 4.41. The largest absolute Gasteiger partial charge is 0.411 e. The molecule has 0 saturated carbocycles. The van der Waals surface area contributed by atoms with E-state index in [9.17, 15) is 9.59 Å². The SMILES string of the molecule is NC(=O)Oc1ccc(C[CH]C(=O)N2CCOCC2)cc1. The average molecular weight is 277 g/mol. The monoisotopic (exact) mass is 277 g/mol. The maximum absolute atomic E-state index is 11.9. The van der Waals surface area contributed by atoms with Crippen molar-refractivity contribution in [2.75, 3.05) is 26.3 Å². The quantitative estimate of drug-likeness (QED) is 0.880. The van der Waals surface area contributed by atoms with Gasteiger partial charge < -0.3 is 20.1 Å². The molecule has 6 nitrogen and oxygen atoms in total. The minimum Gasteiger partial charge on any atom is -0.411 e. The molecule has 2 rings (SSSR count). The maximum atomic E-state index is 11.9. The Kier molecular flexibility index (Phi) is 4.95. The zero-order valence-corrected chi connectivity index (χ0v) is 11.1. The third kappa shape index (κ3) is 4.24. The number of benzene rings is 1. The van der Waals surface area contributed by atoms with Gasteiger partial charge in [-0.25, -0.2) is 4.79 Å². The van der Waals surface area contributed by atoms with Crippen molar-refractivity contribution in [3.05, 3.63) is 36.2 Å². The first kappa shape index (κ1) is 14.3. The molecule has 1 aromatic rings. The molecule has 1 aliphatic rings. The molecule has 107 valence electrons. The summed E-state index contributed by atoms with van der Waals surface area (Å²) in [7, 11) is 0. The molecular weight excluding hydrogens is 260 g/mol. The minimum atomic E-state index is -0.841. The molecule has 0 atom stereocenters. The van der Waals surface area contributed by atoms with Gasteiger partial charge in [0.25, 0.3) is 0 Å². The van der Waals surface area contributed by atoms with Crippen molar-refractivity contribution < 1.29 is 19.1 Å². The van der Waals surface area contributed by atoms with E-state index in [4.69, 9.17) is 15.2 Å². The Morgan fingerprint density at radius 3 is 2.50 bits per heavy atom. The molecule has 1 heterocycles. The smallest absolute Gasteiger partial charge is 0.409 e. The molecule has 1 aliphatic heterocycles. The van der Waals surface area contributed by atoms with Gasteiger partial charge in [-0.05, 0) is 24.1 Å². The van der Waals surface area contributed by atoms with E-state index in [0.717, 1.165) is 5.56 Å². The first-order chi connectivity index (χ1) is 9.65. The topological polar surface area (TPSA) is 81.9 Å². The number of primary amides is 1. The number of morpholine rings is 1. The number of nitrogens with two attached hydrogens (primary N) is 1. The lowest BCUT2D eigenvalue weighted by atomic mass is 10.1. The van der Waals surface area contributed by atoms with Crippen LogP contribution in [-0.2, 0) is 16.0 Å². The third-order valence-electron chi connectivity index (χ3n) is 2.98. The molecule has 2 N–H and O–H groups in total. The van der Waals surface area contributed by atoms with Crippen molar-refractivity contribution in [3.8, 4) is 5.75 Å². The number of nitrogens with zero attached hydrogens (tertiary/aromatic N) is 1. The molecule has 1 radical (unpaired) electrons.